The molecule has 1 aromatic carbocycles. The Labute approximate surface area is 144 Å². The van der Waals surface area contributed by atoms with Gasteiger partial charge in [-0.15, -0.1) is 0 Å². The van der Waals surface area contributed by atoms with Crippen LogP contribution < -0.4 is 14.2 Å². The predicted octanol–water partition coefficient (Wildman–Crippen LogP) is 1.66. The van der Waals surface area contributed by atoms with Crippen molar-refractivity contribution in [1.29, 1.82) is 0 Å². The summed E-state index contributed by atoms with van der Waals surface area (Å²) >= 11 is 0. The number of fused-ring (bicyclic) bond motifs is 2. The standard InChI is InChI=1S/C18H17NO6/c20-16(25-11-5-6-14-15(9-11)24-10-23-14)7-8-19-17(21)12-3-1-2-4-13(12)18(19)22/h1-2,5-6,9,12-13H,3-4,7-8,10H2/t12-,13+. The summed E-state index contributed by atoms with van der Waals surface area (Å²) in [4.78, 5) is 37.9. The third-order valence-electron chi connectivity index (χ3n) is 4.71. The molecule has 0 radical (unpaired) electrons. The number of imide groups is 1. The van der Waals surface area contributed by atoms with Gasteiger partial charge in [-0.3, -0.25) is 19.3 Å². The Hall–Kier alpha value is -2.83. The van der Waals surface area contributed by atoms with Gasteiger partial charge in [0.05, 0.1) is 18.3 Å². The first-order valence-electron chi connectivity index (χ1n) is 8.24. The molecular formula is C18H17NO6. The van der Waals surface area contributed by atoms with E-state index in [-0.39, 0.29) is 43.4 Å². The van der Waals surface area contributed by atoms with E-state index in [1.807, 2.05) is 12.2 Å². The summed E-state index contributed by atoms with van der Waals surface area (Å²) in [6.45, 7) is 0.192. The molecule has 3 aliphatic rings. The van der Waals surface area contributed by atoms with Crippen LogP contribution in [0, 0.1) is 11.8 Å². The second-order valence-electron chi connectivity index (χ2n) is 6.22. The lowest BCUT2D eigenvalue weighted by Crippen LogP contribution is -2.33. The molecule has 0 bridgehead atoms. The van der Waals surface area contributed by atoms with Crippen molar-refractivity contribution in [2.75, 3.05) is 13.3 Å². The highest BCUT2D eigenvalue weighted by molar-refractivity contribution is 6.05. The average molecular weight is 343 g/mol. The van der Waals surface area contributed by atoms with Crippen molar-refractivity contribution >= 4 is 17.8 Å². The molecule has 1 saturated heterocycles. The lowest BCUT2D eigenvalue weighted by atomic mass is 9.85. The van der Waals surface area contributed by atoms with Crippen molar-refractivity contribution in [3.05, 3.63) is 30.4 Å². The largest absolute Gasteiger partial charge is 0.454 e. The van der Waals surface area contributed by atoms with Crippen molar-refractivity contribution < 1.29 is 28.6 Å². The molecule has 25 heavy (non-hydrogen) atoms. The zero-order chi connectivity index (χ0) is 17.4. The van der Waals surface area contributed by atoms with E-state index in [4.69, 9.17) is 14.2 Å². The van der Waals surface area contributed by atoms with Crippen LogP contribution in [-0.4, -0.2) is 36.0 Å². The molecular weight excluding hydrogens is 326 g/mol. The number of amides is 2. The summed E-state index contributed by atoms with van der Waals surface area (Å²) < 4.78 is 15.7. The van der Waals surface area contributed by atoms with Crippen LogP contribution in [0.5, 0.6) is 17.2 Å². The second kappa shape index (κ2) is 6.23. The number of nitrogens with zero attached hydrogens (tertiary/aromatic N) is 1. The van der Waals surface area contributed by atoms with Gasteiger partial charge in [-0.25, -0.2) is 0 Å². The molecule has 1 fully saturated rings. The summed E-state index contributed by atoms with van der Waals surface area (Å²) in [6, 6.07) is 4.85. The van der Waals surface area contributed by atoms with Gasteiger partial charge in [0.2, 0.25) is 18.6 Å². The van der Waals surface area contributed by atoms with Crippen molar-refractivity contribution in [2.45, 2.75) is 19.3 Å². The molecule has 7 nitrogen and oxygen atoms in total. The number of benzene rings is 1. The minimum Gasteiger partial charge on any atom is -0.454 e. The minimum absolute atomic E-state index is 0.0429. The van der Waals surface area contributed by atoms with Gasteiger partial charge in [0.1, 0.15) is 5.75 Å². The minimum atomic E-state index is -0.507. The number of carbonyl (C=O) groups excluding carboxylic acids is 3. The molecule has 0 unspecified atom stereocenters. The monoisotopic (exact) mass is 343 g/mol. The van der Waals surface area contributed by atoms with Crippen LogP contribution in [0.4, 0.5) is 0 Å². The van der Waals surface area contributed by atoms with Crippen LogP contribution in [0.1, 0.15) is 19.3 Å². The maximum atomic E-state index is 12.3. The van der Waals surface area contributed by atoms with E-state index in [2.05, 4.69) is 0 Å². The lowest BCUT2D eigenvalue weighted by molar-refractivity contribution is -0.141. The van der Waals surface area contributed by atoms with Crippen molar-refractivity contribution in [3.8, 4) is 17.2 Å². The van der Waals surface area contributed by atoms with Crippen LogP contribution in [0.3, 0.4) is 0 Å². The molecule has 2 heterocycles. The number of hydrogen-bond donors (Lipinski definition) is 0. The average Bonchev–Trinajstić information content (AvgIpc) is 3.17. The number of ether oxygens (including phenoxy) is 3. The van der Waals surface area contributed by atoms with E-state index in [1.165, 1.54) is 4.90 Å². The molecule has 4 rings (SSSR count). The zero-order valence-electron chi connectivity index (χ0n) is 13.5. The summed E-state index contributed by atoms with van der Waals surface area (Å²) in [5, 5.41) is 0. The van der Waals surface area contributed by atoms with Crippen LogP contribution in [0.25, 0.3) is 0 Å². The third kappa shape index (κ3) is 2.86. The molecule has 0 aromatic heterocycles. The number of esters is 1. The number of hydrogen-bond acceptors (Lipinski definition) is 6. The molecule has 2 atom stereocenters. The first kappa shape index (κ1) is 15.7. The van der Waals surface area contributed by atoms with Crippen LogP contribution in [0.15, 0.2) is 30.4 Å². The van der Waals surface area contributed by atoms with E-state index < -0.39 is 5.97 Å². The quantitative estimate of drug-likeness (QED) is 0.358. The SMILES string of the molecule is O=C(CCN1C(=O)[C@H]2CC=CC[C@H]2C1=O)Oc1ccc2c(c1)OCO2. The third-order valence-corrected chi connectivity index (χ3v) is 4.71. The Bertz CT molecular complexity index is 745. The highest BCUT2D eigenvalue weighted by Crippen LogP contribution is 2.36. The molecule has 0 N–H and O–H groups in total. The molecule has 7 heteroatoms. The van der Waals surface area contributed by atoms with Crippen molar-refractivity contribution in [3.63, 3.8) is 0 Å². The van der Waals surface area contributed by atoms with Gasteiger partial charge in [0, 0.05) is 12.6 Å². The van der Waals surface area contributed by atoms with E-state index >= 15 is 0 Å². The van der Waals surface area contributed by atoms with Crippen LogP contribution in [0.2, 0.25) is 0 Å². The van der Waals surface area contributed by atoms with Gasteiger partial charge >= 0.3 is 5.97 Å². The van der Waals surface area contributed by atoms with E-state index in [1.54, 1.807) is 18.2 Å². The Morgan fingerprint density at radius 2 is 1.76 bits per heavy atom. The summed E-state index contributed by atoms with van der Waals surface area (Å²) in [5.74, 6) is 0.0323. The van der Waals surface area contributed by atoms with Gasteiger partial charge in [0.15, 0.2) is 11.5 Å². The van der Waals surface area contributed by atoms with E-state index in [9.17, 15) is 14.4 Å². The molecule has 1 aromatic rings. The highest BCUT2D eigenvalue weighted by atomic mass is 16.7. The fourth-order valence-electron chi connectivity index (χ4n) is 3.42. The predicted molar refractivity (Wildman–Crippen MR) is 84.9 cm³/mol. The number of rotatable bonds is 4. The Morgan fingerprint density at radius 3 is 2.48 bits per heavy atom. The van der Waals surface area contributed by atoms with Gasteiger partial charge in [-0.05, 0) is 25.0 Å². The number of likely N-dealkylation sites (tertiary alicyclic amines) is 1. The molecule has 2 amide bonds. The van der Waals surface area contributed by atoms with Gasteiger partial charge in [-0.2, -0.15) is 0 Å². The smallest absolute Gasteiger partial charge is 0.313 e. The molecule has 0 saturated carbocycles. The molecule has 0 spiro atoms. The Balaban J connectivity index is 1.34. The Morgan fingerprint density at radius 1 is 1.08 bits per heavy atom. The number of allylic oxidation sites excluding steroid dienone is 2. The maximum absolute atomic E-state index is 12.3. The van der Waals surface area contributed by atoms with Gasteiger partial charge in [0.25, 0.3) is 0 Å². The van der Waals surface area contributed by atoms with Gasteiger partial charge in [-0.1, -0.05) is 12.2 Å². The van der Waals surface area contributed by atoms with Crippen LogP contribution >= 0.6 is 0 Å². The molecule has 1 aliphatic carbocycles. The summed E-state index contributed by atoms with van der Waals surface area (Å²) in [5.41, 5.74) is 0. The Kier molecular flexibility index (Phi) is 3.91. The summed E-state index contributed by atoms with van der Waals surface area (Å²) in [7, 11) is 0. The van der Waals surface area contributed by atoms with Crippen molar-refractivity contribution in [2.24, 2.45) is 11.8 Å². The van der Waals surface area contributed by atoms with E-state index in [0.717, 1.165) is 0 Å². The maximum Gasteiger partial charge on any atom is 0.313 e. The fourth-order valence-corrected chi connectivity index (χ4v) is 3.42. The highest BCUT2D eigenvalue weighted by Gasteiger charge is 2.46. The summed E-state index contributed by atoms with van der Waals surface area (Å²) in [6.07, 6.45) is 5.01. The molecule has 2 aliphatic heterocycles. The second-order valence-corrected chi connectivity index (χ2v) is 6.22. The molecule has 130 valence electrons. The zero-order valence-corrected chi connectivity index (χ0v) is 13.5. The normalized spacial score (nSPS) is 23.8. The van der Waals surface area contributed by atoms with Gasteiger partial charge < -0.3 is 14.2 Å². The van der Waals surface area contributed by atoms with Crippen LogP contribution in [-0.2, 0) is 14.4 Å². The first-order chi connectivity index (χ1) is 12.1. The van der Waals surface area contributed by atoms with E-state index in [0.29, 0.717) is 30.1 Å². The topological polar surface area (TPSA) is 82.1 Å². The number of carbonyl (C=O) groups is 3. The van der Waals surface area contributed by atoms with Crippen molar-refractivity contribution in [1.82, 2.24) is 4.90 Å². The first-order valence-corrected chi connectivity index (χ1v) is 8.24. The fraction of sp³-hybridized carbons (Fsp3) is 0.389. The lowest BCUT2D eigenvalue weighted by Gasteiger charge is -2.14.